The predicted octanol–water partition coefficient (Wildman–Crippen LogP) is 6.49. The highest BCUT2D eigenvalue weighted by molar-refractivity contribution is 5.73. The van der Waals surface area contributed by atoms with Crippen molar-refractivity contribution in [2.45, 2.75) is 0 Å². The van der Waals surface area contributed by atoms with Gasteiger partial charge in [0.15, 0.2) is 0 Å². The molecule has 0 saturated heterocycles. The Morgan fingerprint density at radius 3 is 1.76 bits per heavy atom. The highest BCUT2D eigenvalue weighted by atomic mass is 19.1. The summed E-state index contributed by atoms with van der Waals surface area (Å²) < 4.78 is 28.0. The van der Waals surface area contributed by atoms with Crippen LogP contribution in [0.5, 0.6) is 0 Å². The molecule has 0 aliphatic carbocycles. The minimum absolute atomic E-state index is 0.260. The highest BCUT2D eigenvalue weighted by Gasteiger charge is 2.06. The SMILES string of the molecule is Fc1ccc(/C=C/c2cc(/C=C/c3ccc(F)cc3)n(-c3ccccc3)n2)cc1. The van der Waals surface area contributed by atoms with Crippen molar-refractivity contribution in [3.63, 3.8) is 0 Å². The van der Waals surface area contributed by atoms with E-state index in [4.69, 9.17) is 0 Å². The Bertz CT molecular complexity index is 1140. The topological polar surface area (TPSA) is 17.8 Å². The second-order valence-corrected chi connectivity index (χ2v) is 6.51. The Hall–Kier alpha value is -3.79. The fourth-order valence-corrected chi connectivity index (χ4v) is 2.90. The fraction of sp³-hybridized carbons (Fsp3) is 0. The van der Waals surface area contributed by atoms with Gasteiger partial charge in [0.1, 0.15) is 11.6 Å². The molecule has 4 rings (SSSR count). The van der Waals surface area contributed by atoms with Crippen molar-refractivity contribution in [1.82, 2.24) is 9.78 Å². The summed E-state index contributed by atoms with van der Waals surface area (Å²) in [5.41, 5.74) is 4.39. The number of aromatic nitrogens is 2. The molecule has 0 atom stereocenters. The third-order valence-electron chi connectivity index (χ3n) is 4.39. The average molecular weight is 384 g/mol. The summed E-state index contributed by atoms with van der Waals surface area (Å²) in [7, 11) is 0. The molecule has 0 bridgehead atoms. The molecule has 0 aliphatic heterocycles. The minimum Gasteiger partial charge on any atom is -0.233 e. The summed E-state index contributed by atoms with van der Waals surface area (Å²) in [6.45, 7) is 0. The van der Waals surface area contributed by atoms with Crippen molar-refractivity contribution in [3.05, 3.63) is 119 Å². The van der Waals surface area contributed by atoms with E-state index in [1.165, 1.54) is 24.3 Å². The highest BCUT2D eigenvalue weighted by Crippen LogP contribution is 2.18. The first-order chi connectivity index (χ1) is 14.2. The smallest absolute Gasteiger partial charge is 0.123 e. The Morgan fingerprint density at radius 2 is 1.17 bits per heavy atom. The van der Waals surface area contributed by atoms with Gasteiger partial charge in [-0.25, -0.2) is 13.5 Å². The van der Waals surface area contributed by atoms with Gasteiger partial charge in [0.2, 0.25) is 0 Å². The van der Waals surface area contributed by atoms with Gasteiger partial charge in [-0.3, -0.25) is 0 Å². The van der Waals surface area contributed by atoms with Crippen LogP contribution in [0.4, 0.5) is 8.78 Å². The quantitative estimate of drug-likeness (QED) is 0.384. The summed E-state index contributed by atoms with van der Waals surface area (Å²) in [4.78, 5) is 0. The maximum absolute atomic E-state index is 13.1. The van der Waals surface area contributed by atoms with E-state index >= 15 is 0 Å². The van der Waals surface area contributed by atoms with Gasteiger partial charge < -0.3 is 0 Å². The van der Waals surface area contributed by atoms with Crippen LogP contribution in [-0.4, -0.2) is 9.78 Å². The Balaban J connectivity index is 1.67. The number of benzene rings is 3. The van der Waals surface area contributed by atoms with Gasteiger partial charge in [-0.1, -0.05) is 54.6 Å². The summed E-state index contributed by atoms with van der Waals surface area (Å²) >= 11 is 0. The fourth-order valence-electron chi connectivity index (χ4n) is 2.90. The lowest BCUT2D eigenvalue weighted by molar-refractivity contribution is 0.627. The van der Waals surface area contributed by atoms with Gasteiger partial charge in [0.05, 0.1) is 17.1 Å². The Morgan fingerprint density at radius 1 is 0.621 bits per heavy atom. The van der Waals surface area contributed by atoms with E-state index < -0.39 is 0 Å². The van der Waals surface area contributed by atoms with Crippen molar-refractivity contribution in [2.75, 3.05) is 0 Å². The van der Waals surface area contributed by atoms with E-state index in [2.05, 4.69) is 5.10 Å². The van der Waals surface area contributed by atoms with Crippen LogP contribution in [0.25, 0.3) is 30.0 Å². The van der Waals surface area contributed by atoms with Gasteiger partial charge >= 0.3 is 0 Å². The molecule has 4 heteroatoms. The van der Waals surface area contributed by atoms with Gasteiger partial charge in [-0.2, -0.15) is 5.10 Å². The maximum atomic E-state index is 13.1. The lowest BCUT2D eigenvalue weighted by atomic mass is 10.2. The zero-order valence-electron chi connectivity index (χ0n) is 15.5. The number of hydrogen-bond acceptors (Lipinski definition) is 1. The summed E-state index contributed by atoms with van der Waals surface area (Å²) in [6, 6.07) is 24.4. The molecule has 0 unspecified atom stereocenters. The van der Waals surface area contributed by atoms with Crippen molar-refractivity contribution in [3.8, 4) is 5.69 Å². The van der Waals surface area contributed by atoms with E-state index in [0.29, 0.717) is 0 Å². The van der Waals surface area contributed by atoms with Crippen molar-refractivity contribution in [1.29, 1.82) is 0 Å². The number of nitrogens with zero attached hydrogens (tertiary/aromatic N) is 2. The molecule has 3 aromatic carbocycles. The van der Waals surface area contributed by atoms with Gasteiger partial charge in [0, 0.05) is 0 Å². The molecule has 29 heavy (non-hydrogen) atoms. The van der Waals surface area contributed by atoms with Crippen molar-refractivity contribution < 1.29 is 8.78 Å². The van der Waals surface area contributed by atoms with Gasteiger partial charge in [-0.05, 0) is 65.7 Å². The molecule has 0 fully saturated rings. The van der Waals surface area contributed by atoms with Crippen LogP contribution in [0.15, 0.2) is 84.9 Å². The van der Waals surface area contributed by atoms with Crippen LogP contribution in [0, 0.1) is 11.6 Å². The van der Waals surface area contributed by atoms with E-state index in [-0.39, 0.29) is 11.6 Å². The lowest BCUT2D eigenvalue weighted by Gasteiger charge is -2.03. The number of hydrogen-bond donors (Lipinski definition) is 0. The van der Waals surface area contributed by atoms with Crippen LogP contribution in [-0.2, 0) is 0 Å². The molecule has 1 heterocycles. The van der Waals surface area contributed by atoms with Gasteiger partial charge in [-0.15, -0.1) is 0 Å². The summed E-state index contributed by atoms with van der Waals surface area (Å²) in [6.07, 6.45) is 7.65. The molecule has 0 aliphatic rings. The molecule has 142 valence electrons. The minimum atomic E-state index is -0.260. The molecule has 0 N–H and O–H groups in total. The molecular weight excluding hydrogens is 366 g/mol. The monoisotopic (exact) mass is 384 g/mol. The van der Waals surface area contributed by atoms with E-state index in [1.807, 2.05) is 65.4 Å². The number of para-hydroxylation sites is 1. The van der Waals surface area contributed by atoms with Crippen LogP contribution < -0.4 is 0 Å². The standard InChI is InChI=1S/C25H18F2N2/c26-21-12-6-19(7-13-21)10-16-23-18-25(17-11-20-8-14-22(27)15-9-20)29(28-23)24-4-2-1-3-5-24/h1-18H/b16-10+,17-11+. The van der Waals surface area contributed by atoms with Crippen LogP contribution in [0.2, 0.25) is 0 Å². The summed E-state index contributed by atoms with van der Waals surface area (Å²) in [5, 5.41) is 4.68. The number of rotatable bonds is 5. The third kappa shape index (κ3) is 4.74. The second kappa shape index (κ2) is 8.48. The molecular formula is C25H18F2N2. The molecule has 4 aromatic rings. The largest absolute Gasteiger partial charge is 0.233 e. The van der Waals surface area contributed by atoms with E-state index in [0.717, 1.165) is 28.2 Å². The average Bonchev–Trinajstić information content (AvgIpc) is 3.17. The predicted molar refractivity (Wildman–Crippen MR) is 114 cm³/mol. The molecule has 0 saturated carbocycles. The first-order valence-corrected chi connectivity index (χ1v) is 9.20. The van der Waals surface area contributed by atoms with Crippen LogP contribution in [0.3, 0.4) is 0 Å². The second-order valence-electron chi connectivity index (χ2n) is 6.51. The normalized spacial score (nSPS) is 11.5. The lowest BCUT2D eigenvalue weighted by Crippen LogP contribution is -1.98. The Labute approximate surface area is 168 Å². The first kappa shape index (κ1) is 18.6. The van der Waals surface area contributed by atoms with E-state index in [1.54, 1.807) is 24.3 Å². The molecule has 0 radical (unpaired) electrons. The zero-order valence-corrected chi connectivity index (χ0v) is 15.5. The van der Waals surface area contributed by atoms with Crippen molar-refractivity contribution in [2.24, 2.45) is 0 Å². The number of halogens is 2. The maximum Gasteiger partial charge on any atom is 0.123 e. The van der Waals surface area contributed by atoms with Crippen LogP contribution in [0.1, 0.15) is 22.5 Å². The zero-order chi connectivity index (χ0) is 20.1. The molecule has 1 aromatic heterocycles. The first-order valence-electron chi connectivity index (χ1n) is 9.20. The van der Waals surface area contributed by atoms with Gasteiger partial charge in [0.25, 0.3) is 0 Å². The van der Waals surface area contributed by atoms with E-state index in [9.17, 15) is 8.78 Å². The Kier molecular flexibility index (Phi) is 5.43. The van der Waals surface area contributed by atoms with Crippen LogP contribution >= 0.6 is 0 Å². The molecule has 2 nitrogen and oxygen atoms in total. The molecule has 0 amide bonds. The summed E-state index contributed by atoms with van der Waals surface area (Å²) in [5.74, 6) is -0.520. The van der Waals surface area contributed by atoms with Crippen molar-refractivity contribution >= 4 is 24.3 Å². The third-order valence-corrected chi connectivity index (χ3v) is 4.39. The molecule has 0 spiro atoms.